The molecule has 0 amide bonds. The summed E-state index contributed by atoms with van der Waals surface area (Å²) in [6.45, 7) is 6.00. The molecule has 1 aliphatic rings. The number of rotatable bonds is 6. The van der Waals surface area contributed by atoms with E-state index >= 15 is 0 Å². The molecule has 21 heavy (non-hydrogen) atoms. The first-order valence-electron chi connectivity index (χ1n) is 7.88. The van der Waals surface area contributed by atoms with E-state index < -0.39 is 0 Å². The van der Waals surface area contributed by atoms with Gasteiger partial charge in [0.05, 0.1) is 11.3 Å². The first kappa shape index (κ1) is 15.8. The SMILES string of the molecule is CCCNCc1ccc(N2CCCC(CO)C2)c(C#N)c1. The van der Waals surface area contributed by atoms with Crippen LogP contribution in [0.5, 0.6) is 0 Å². The third-order valence-corrected chi connectivity index (χ3v) is 4.06. The van der Waals surface area contributed by atoms with Gasteiger partial charge in [0, 0.05) is 26.2 Å². The highest BCUT2D eigenvalue weighted by atomic mass is 16.3. The van der Waals surface area contributed by atoms with Crippen LogP contribution >= 0.6 is 0 Å². The summed E-state index contributed by atoms with van der Waals surface area (Å²) in [6.07, 6.45) is 3.27. The fourth-order valence-corrected chi connectivity index (χ4v) is 2.90. The number of hydrogen-bond acceptors (Lipinski definition) is 4. The molecule has 1 aliphatic heterocycles. The minimum Gasteiger partial charge on any atom is -0.396 e. The Bertz CT molecular complexity index is 495. The van der Waals surface area contributed by atoms with Crippen LogP contribution in [0.15, 0.2) is 18.2 Å². The van der Waals surface area contributed by atoms with E-state index in [2.05, 4.69) is 35.3 Å². The number of benzene rings is 1. The van der Waals surface area contributed by atoms with Crippen LogP contribution in [-0.4, -0.2) is 31.3 Å². The smallest absolute Gasteiger partial charge is 0.101 e. The molecule has 1 heterocycles. The molecule has 2 rings (SSSR count). The van der Waals surface area contributed by atoms with E-state index in [1.54, 1.807) is 0 Å². The normalized spacial score (nSPS) is 18.5. The molecule has 1 atom stereocenters. The standard InChI is InChI=1S/C17H25N3O/c1-2-7-19-11-14-5-6-17(16(9-14)10-18)20-8-3-4-15(12-20)13-21/h5-6,9,15,19,21H,2-4,7-8,11-13H2,1H3. The minimum absolute atomic E-state index is 0.234. The average molecular weight is 287 g/mol. The lowest BCUT2D eigenvalue weighted by molar-refractivity contribution is 0.208. The number of nitrogens with one attached hydrogen (secondary N) is 1. The summed E-state index contributed by atoms with van der Waals surface area (Å²) in [5, 5.41) is 22.1. The van der Waals surface area contributed by atoms with Crippen molar-refractivity contribution in [2.24, 2.45) is 5.92 Å². The Balaban J connectivity index is 2.10. The fourth-order valence-electron chi connectivity index (χ4n) is 2.90. The molecule has 114 valence electrons. The summed E-state index contributed by atoms with van der Waals surface area (Å²) in [5.74, 6) is 0.330. The van der Waals surface area contributed by atoms with Gasteiger partial charge in [-0.25, -0.2) is 0 Å². The van der Waals surface area contributed by atoms with Crippen molar-refractivity contribution in [3.05, 3.63) is 29.3 Å². The van der Waals surface area contributed by atoms with Crippen LogP contribution in [0.4, 0.5) is 5.69 Å². The van der Waals surface area contributed by atoms with E-state index in [4.69, 9.17) is 0 Å². The second kappa shape index (κ2) is 8.02. The van der Waals surface area contributed by atoms with Gasteiger partial charge >= 0.3 is 0 Å². The largest absolute Gasteiger partial charge is 0.396 e. The predicted molar refractivity (Wildman–Crippen MR) is 85.2 cm³/mol. The molecule has 4 heteroatoms. The molecule has 1 fully saturated rings. The number of piperidine rings is 1. The third-order valence-electron chi connectivity index (χ3n) is 4.06. The zero-order valence-corrected chi connectivity index (χ0v) is 12.8. The molecule has 1 unspecified atom stereocenters. The Morgan fingerprint density at radius 2 is 2.33 bits per heavy atom. The Labute approximate surface area is 127 Å². The number of nitriles is 1. The lowest BCUT2D eigenvalue weighted by atomic mass is 9.97. The molecule has 2 N–H and O–H groups in total. The van der Waals surface area contributed by atoms with Crippen molar-refractivity contribution < 1.29 is 5.11 Å². The van der Waals surface area contributed by atoms with Crippen molar-refractivity contribution in [2.45, 2.75) is 32.7 Å². The number of aliphatic hydroxyl groups is 1. The molecule has 1 aromatic rings. The Hall–Kier alpha value is -1.57. The summed E-state index contributed by atoms with van der Waals surface area (Å²) in [5.41, 5.74) is 2.90. The Morgan fingerprint density at radius 1 is 1.48 bits per heavy atom. The molecular formula is C17H25N3O. The van der Waals surface area contributed by atoms with Crippen LogP contribution in [0.1, 0.15) is 37.3 Å². The van der Waals surface area contributed by atoms with Gasteiger partial charge in [-0.15, -0.1) is 0 Å². The quantitative estimate of drug-likeness (QED) is 0.788. The van der Waals surface area contributed by atoms with Crippen molar-refractivity contribution in [3.63, 3.8) is 0 Å². The van der Waals surface area contributed by atoms with E-state index in [1.165, 1.54) is 0 Å². The van der Waals surface area contributed by atoms with E-state index in [0.717, 1.165) is 62.3 Å². The van der Waals surface area contributed by atoms with Crippen LogP contribution < -0.4 is 10.2 Å². The van der Waals surface area contributed by atoms with Gasteiger partial charge in [0.1, 0.15) is 6.07 Å². The molecule has 0 aliphatic carbocycles. The summed E-state index contributed by atoms with van der Waals surface area (Å²) in [7, 11) is 0. The maximum atomic E-state index is 9.42. The second-order valence-corrected chi connectivity index (χ2v) is 5.78. The average Bonchev–Trinajstić information content (AvgIpc) is 2.55. The predicted octanol–water partition coefficient (Wildman–Crippen LogP) is 2.27. The van der Waals surface area contributed by atoms with Gasteiger partial charge in [-0.05, 0) is 49.4 Å². The zero-order chi connectivity index (χ0) is 15.1. The number of nitrogens with zero attached hydrogens (tertiary/aromatic N) is 2. The van der Waals surface area contributed by atoms with Gasteiger partial charge in [0.15, 0.2) is 0 Å². The summed E-state index contributed by atoms with van der Waals surface area (Å²) >= 11 is 0. The van der Waals surface area contributed by atoms with Gasteiger partial charge in [0.25, 0.3) is 0 Å². The van der Waals surface area contributed by atoms with Gasteiger partial charge in [-0.1, -0.05) is 13.0 Å². The molecule has 1 saturated heterocycles. The zero-order valence-electron chi connectivity index (χ0n) is 12.8. The molecule has 1 aromatic carbocycles. The van der Waals surface area contributed by atoms with E-state index in [0.29, 0.717) is 5.92 Å². The lowest BCUT2D eigenvalue weighted by Gasteiger charge is -2.34. The monoisotopic (exact) mass is 287 g/mol. The topological polar surface area (TPSA) is 59.3 Å². The second-order valence-electron chi connectivity index (χ2n) is 5.78. The maximum Gasteiger partial charge on any atom is 0.101 e. The molecule has 0 radical (unpaired) electrons. The van der Waals surface area contributed by atoms with Gasteiger partial charge in [0.2, 0.25) is 0 Å². The molecule has 0 saturated carbocycles. The highest BCUT2D eigenvalue weighted by Crippen LogP contribution is 2.26. The van der Waals surface area contributed by atoms with E-state index in [1.807, 2.05) is 6.07 Å². The molecule has 4 nitrogen and oxygen atoms in total. The van der Waals surface area contributed by atoms with Crippen molar-refractivity contribution in [1.82, 2.24) is 5.32 Å². The summed E-state index contributed by atoms with van der Waals surface area (Å²) in [6, 6.07) is 8.47. The number of hydrogen-bond donors (Lipinski definition) is 2. The van der Waals surface area contributed by atoms with Crippen molar-refractivity contribution >= 4 is 5.69 Å². The summed E-state index contributed by atoms with van der Waals surface area (Å²) in [4.78, 5) is 2.24. The molecule has 0 spiro atoms. The first-order chi connectivity index (χ1) is 10.3. The first-order valence-corrected chi connectivity index (χ1v) is 7.88. The number of aliphatic hydroxyl groups excluding tert-OH is 1. The van der Waals surface area contributed by atoms with Crippen molar-refractivity contribution in [1.29, 1.82) is 5.26 Å². The lowest BCUT2D eigenvalue weighted by Crippen LogP contribution is -2.37. The highest BCUT2D eigenvalue weighted by Gasteiger charge is 2.21. The molecular weight excluding hydrogens is 262 g/mol. The van der Waals surface area contributed by atoms with E-state index in [-0.39, 0.29) is 6.61 Å². The van der Waals surface area contributed by atoms with Crippen LogP contribution in [0.3, 0.4) is 0 Å². The highest BCUT2D eigenvalue weighted by molar-refractivity contribution is 5.60. The van der Waals surface area contributed by atoms with Gasteiger partial charge in [-0.2, -0.15) is 5.26 Å². The molecule has 0 aromatic heterocycles. The maximum absolute atomic E-state index is 9.42. The molecule has 0 bridgehead atoms. The number of anilines is 1. The van der Waals surface area contributed by atoms with Crippen LogP contribution in [-0.2, 0) is 6.54 Å². The fraction of sp³-hybridized carbons (Fsp3) is 0.588. The van der Waals surface area contributed by atoms with E-state index in [9.17, 15) is 10.4 Å². The van der Waals surface area contributed by atoms with Crippen LogP contribution in [0.25, 0.3) is 0 Å². The summed E-state index contributed by atoms with van der Waals surface area (Å²) < 4.78 is 0. The van der Waals surface area contributed by atoms with Crippen molar-refractivity contribution in [2.75, 3.05) is 31.1 Å². The Morgan fingerprint density at radius 3 is 3.05 bits per heavy atom. The minimum atomic E-state index is 0.234. The van der Waals surface area contributed by atoms with Crippen molar-refractivity contribution in [3.8, 4) is 6.07 Å². The van der Waals surface area contributed by atoms with Crippen LogP contribution in [0.2, 0.25) is 0 Å². The van der Waals surface area contributed by atoms with Crippen LogP contribution in [0, 0.1) is 17.2 Å². The van der Waals surface area contributed by atoms with Gasteiger partial charge < -0.3 is 15.3 Å². The third kappa shape index (κ3) is 4.20. The van der Waals surface area contributed by atoms with Gasteiger partial charge in [-0.3, -0.25) is 0 Å². The Kier molecular flexibility index (Phi) is 6.04.